The number of hydrogen-bond acceptors (Lipinski definition) is 5. The van der Waals surface area contributed by atoms with Crippen molar-refractivity contribution < 1.29 is 4.39 Å². The van der Waals surface area contributed by atoms with Crippen LogP contribution in [0.2, 0.25) is 0 Å². The van der Waals surface area contributed by atoms with Gasteiger partial charge in [-0.15, -0.1) is 0 Å². The third kappa shape index (κ3) is 2.81. The molecule has 2 aromatic heterocycles. The van der Waals surface area contributed by atoms with Gasteiger partial charge in [-0.1, -0.05) is 0 Å². The summed E-state index contributed by atoms with van der Waals surface area (Å²) < 4.78 is 13.6. The fourth-order valence-electron chi connectivity index (χ4n) is 2.70. The minimum absolute atomic E-state index is 0.329. The fourth-order valence-corrected chi connectivity index (χ4v) is 2.70. The summed E-state index contributed by atoms with van der Waals surface area (Å²) >= 11 is 0. The van der Waals surface area contributed by atoms with E-state index < -0.39 is 5.82 Å². The van der Waals surface area contributed by atoms with Gasteiger partial charge in [-0.3, -0.25) is 5.10 Å². The Balaban J connectivity index is 1.71. The number of nitrogens with zero attached hydrogens (tertiary/aromatic N) is 5. The molecule has 0 atom stereocenters. The Morgan fingerprint density at radius 1 is 1.33 bits per heavy atom. The van der Waals surface area contributed by atoms with E-state index in [1.165, 1.54) is 11.9 Å². The van der Waals surface area contributed by atoms with E-state index in [0.29, 0.717) is 17.7 Å². The molecule has 0 radical (unpaired) electrons. The lowest BCUT2D eigenvalue weighted by Crippen LogP contribution is -2.34. The van der Waals surface area contributed by atoms with Gasteiger partial charge in [-0.05, 0) is 18.9 Å². The molecular formula is C14H19FN6. The van der Waals surface area contributed by atoms with Gasteiger partial charge in [0.05, 0.1) is 6.20 Å². The molecule has 3 rings (SSSR count). The van der Waals surface area contributed by atoms with Gasteiger partial charge in [0.25, 0.3) is 0 Å². The van der Waals surface area contributed by atoms with Crippen LogP contribution in [0.1, 0.15) is 24.5 Å². The van der Waals surface area contributed by atoms with Crippen molar-refractivity contribution in [2.45, 2.75) is 18.8 Å². The predicted molar refractivity (Wildman–Crippen MR) is 79.1 cm³/mol. The first-order valence-electron chi connectivity index (χ1n) is 7.09. The molecule has 7 heteroatoms. The van der Waals surface area contributed by atoms with Crippen molar-refractivity contribution >= 4 is 11.8 Å². The smallest absolute Gasteiger partial charge is 0.227 e. The third-order valence-electron chi connectivity index (χ3n) is 3.88. The van der Waals surface area contributed by atoms with Crippen molar-refractivity contribution in [1.82, 2.24) is 20.2 Å². The summed E-state index contributed by atoms with van der Waals surface area (Å²) in [5.41, 5.74) is 1.18. The molecule has 3 heterocycles. The van der Waals surface area contributed by atoms with E-state index in [1.807, 2.05) is 6.07 Å². The molecule has 1 N–H and O–H groups in total. The van der Waals surface area contributed by atoms with Crippen LogP contribution in [0.25, 0.3) is 0 Å². The lowest BCUT2D eigenvalue weighted by molar-refractivity contribution is 0.489. The van der Waals surface area contributed by atoms with Crippen molar-refractivity contribution in [2.75, 3.05) is 37.0 Å². The second kappa shape index (κ2) is 5.67. The lowest BCUT2D eigenvalue weighted by Gasteiger charge is -2.31. The van der Waals surface area contributed by atoms with Crippen LogP contribution in [0.4, 0.5) is 16.2 Å². The normalized spacial score (nSPS) is 16.2. The second-order valence-corrected chi connectivity index (χ2v) is 5.51. The van der Waals surface area contributed by atoms with Crippen LogP contribution < -0.4 is 9.80 Å². The lowest BCUT2D eigenvalue weighted by atomic mass is 9.94. The van der Waals surface area contributed by atoms with E-state index in [-0.39, 0.29) is 0 Å². The van der Waals surface area contributed by atoms with E-state index in [2.05, 4.69) is 25.1 Å². The fraction of sp³-hybridized carbons (Fsp3) is 0.500. The largest absolute Gasteiger partial charge is 0.360 e. The van der Waals surface area contributed by atoms with Gasteiger partial charge in [0.15, 0.2) is 11.6 Å². The summed E-state index contributed by atoms with van der Waals surface area (Å²) in [5, 5.41) is 7.04. The summed E-state index contributed by atoms with van der Waals surface area (Å²) in [7, 11) is 3.55. The average molecular weight is 290 g/mol. The van der Waals surface area contributed by atoms with Crippen LogP contribution in [0.15, 0.2) is 18.5 Å². The Bertz CT molecular complexity index is 590. The van der Waals surface area contributed by atoms with Crippen LogP contribution in [0, 0.1) is 5.82 Å². The van der Waals surface area contributed by atoms with Crippen LogP contribution in [0.5, 0.6) is 0 Å². The monoisotopic (exact) mass is 290 g/mol. The van der Waals surface area contributed by atoms with Gasteiger partial charge in [-0.2, -0.15) is 10.1 Å². The maximum absolute atomic E-state index is 13.6. The van der Waals surface area contributed by atoms with Crippen molar-refractivity contribution in [3.05, 3.63) is 30.0 Å². The van der Waals surface area contributed by atoms with Gasteiger partial charge < -0.3 is 9.80 Å². The highest BCUT2D eigenvalue weighted by molar-refractivity contribution is 5.44. The number of piperidine rings is 1. The van der Waals surface area contributed by atoms with E-state index in [4.69, 9.17) is 0 Å². The predicted octanol–water partition coefficient (Wildman–Crippen LogP) is 1.79. The molecule has 0 amide bonds. The van der Waals surface area contributed by atoms with Crippen molar-refractivity contribution in [2.24, 2.45) is 0 Å². The molecule has 0 bridgehead atoms. The zero-order valence-corrected chi connectivity index (χ0v) is 12.3. The van der Waals surface area contributed by atoms with E-state index in [1.54, 1.807) is 25.2 Å². The topological polar surface area (TPSA) is 60.9 Å². The van der Waals surface area contributed by atoms with Crippen molar-refractivity contribution in [1.29, 1.82) is 0 Å². The summed E-state index contributed by atoms with van der Waals surface area (Å²) in [6.07, 6.45) is 5.06. The number of aromatic amines is 1. The molecule has 0 aromatic carbocycles. The first-order valence-corrected chi connectivity index (χ1v) is 7.09. The molecule has 1 aliphatic heterocycles. The number of nitrogens with one attached hydrogen (secondary N) is 1. The van der Waals surface area contributed by atoms with Crippen LogP contribution in [-0.4, -0.2) is 47.4 Å². The Hall–Kier alpha value is -2.18. The van der Waals surface area contributed by atoms with E-state index >= 15 is 0 Å². The van der Waals surface area contributed by atoms with Crippen molar-refractivity contribution in [3.8, 4) is 0 Å². The summed E-state index contributed by atoms with van der Waals surface area (Å²) in [6.45, 7) is 1.73. The van der Waals surface area contributed by atoms with Crippen LogP contribution in [0.3, 0.4) is 0 Å². The first kappa shape index (κ1) is 13.8. The highest BCUT2D eigenvalue weighted by atomic mass is 19.1. The van der Waals surface area contributed by atoms with Gasteiger partial charge in [0.2, 0.25) is 5.95 Å². The molecule has 6 nitrogen and oxygen atoms in total. The van der Waals surface area contributed by atoms with Gasteiger partial charge >= 0.3 is 0 Å². The van der Waals surface area contributed by atoms with Crippen molar-refractivity contribution in [3.63, 3.8) is 0 Å². The maximum Gasteiger partial charge on any atom is 0.227 e. The molecule has 0 saturated carbocycles. The Labute approximate surface area is 123 Å². The molecule has 112 valence electrons. The number of halogens is 1. The van der Waals surface area contributed by atoms with Gasteiger partial charge in [-0.25, -0.2) is 9.37 Å². The molecule has 0 spiro atoms. The summed E-state index contributed by atoms with van der Waals surface area (Å²) in [5.74, 6) is 1.03. The van der Waals surface area contributed by atoms with E-state index in [9.17, 15) is 4.39 Å². The summed E-state index contributed by atoms with van der Waals surface area (Å²) in [4.78, 5) is 12.2. The van der Waals surface area contributed by atoms with E-state index in [0.717, 1.165) is 25.9 Å². The zero-order chi connectivity index (χ0) is 14.8. The maximum atomic E-state index is 13.6. The Morgan fingerprint density at radius 3 is 2.71 bits per heavy atom. The SMILES string of the molecule is CN(C)c1nc(N2CCC(c3ccn[nH]3)CC2)ncc1F. The van der Waals surface area contributed by atoms with Crippen LogP contribution in [-0.2, 0) is 0 Å². The average Bonchev–Trinajstić information content (AvgIpc) is 3.02. The molecule has 1 fully saturated rings. The molecule has 1 aliphatic rings. The molecular weight excluding hydrogens is 271 g/mol. The highest BCUT2D eigenvalue weighted by Crippen LogP contribution is 2.28. The molecule has 0 aliphatic carbocycles. The number of rotatable bonds is 3. The highest BCUT2D eigenvalue weighted by Gasteiger charge is 2.23. The quantitative estimate of drug-likeness (QED) is 0.934. The Morgan fingerprint density at radius 2 is 2.10 bits per heavy atom. The second-order valence-electron chi connectivity index (χ2n) is 5.51. The number of aromatic nitrogens is 4. The first-order chi connectivity index (χ1) is 10.1. The number of hydrogen-bond donors (Lipinski definition) is 1. The molecule has 2 aromatic rings. The number of H-pyrrole nitrogens is 1. The molecule has 1 saturated heterocycles. The minimum atomic E-state index is -0.393. The number of anilines is 2. The summed E-state index contributed by atoms with van der Waals surface area (Å²) in [6, 6.07) is 2.03. The van der Waals surface area contributed by atoms with Gasteiger partial charge in [0.1, 0.15) is 0 Å². The molecule has 0 unspecified atom stereocenters. The third-order valence-corrected chi connectivity index (χ3v) is 3.88. The van der Waals surface area contributed by atoms with Gasteiger partial charge in [0, 0.05) is 45.0 Å². The minimum Gasteiger partial charge on any atom is -0.360 e. The Kier molecular flexibility index (Phi) is 3.72. The zero-order valence-electron chi connectivity index (χ0n) is 12.3. The molecule has 21 heavy (non-hydrogen) atoms. The van der Waals surface area contributed by atoms with Crippen LogP contribution >= 0.6 is 0 Å². The standard InChI is InChI=1S/C14H19FN6/c1-20(2)13-11(15)9-16-14(18-13)21-7-4-10(5-8-21)12-3-6-17-19-12/h3,6,9-10H,4-5,7-8H2,1-2H3,(H,17,19).